The fraction of sp³-hybridized carbons (Fsp3) is 0.625. The number of benzene rings is 1. The van der Waals surface area contributed by atoms with Crippen LogP contribution in [0.15, 0.2) is 24.3 Å². The molecule has 1 aliphatic rings. The number of nitrogens with zero attached hydrogens (tertiary/aromatic N) is 1. The quantitative estimate of drug-likeness (QED) is 0.865. The van der Waals surface area contributed by atoms with E-state index in [1.165, 1.54) is 0 Å². The summed E-state index contributed by atoms with van der Waals surface area (Å²) in [6.45, 7) is 4.69. The normalized spacial score (nSPS) is 22.6. The van der Waals surface area contributed by atoms with Crippen molar-refractivity contribution in [2.24, 2.45) is 0 Å². The third-order valence-corrected chi connectivity index (χ3v) is 3.58. The molecule has 2 unspecified atom stereocenters. The Labute approximate surface area is 122 Å². The summed E-state index contributed by atoms with van der Waals surface area (Å²) < 4.78 is 11.7. The van der Waals surface area contributed by atoms with Crippen LogP contribution in [0.25, 0.3) is 0 Å². The van der Waals surface area contributed by atoms with Gasteiger partial charge in [0.25, 0.3) is 0 Å². The molecule has 0 saturated carbocycles. The molecule has 1 fully saturated rings. The van der Waals surface area contributed by atoms with Crippen LogP contribution in [0.3, 0.4) is 0 Å². The van der Waals surface area contributed by atoms with Crippen molar-refractivity contribution >= 4 is 5.69 Å². The standard InChI is InChI=1S/C16H26N2O2/c1-4-9-17-15-8-10-19-12-16(15)20-14-7-5-6-13(11-14)18(2)3/h5-7,11,15-17H,4,8-10,12H2,1-3H3. The summed E-state index contributed by atoms with van der Waals surface area (Å²) in [6, 6.07) is 8.58. The van der Waals surface area contributed by atoms with Crippen molar-refractivity contribution in [1.82, 2.24) is 5.32 Å². The van der Waals surface area contributed by atoms with Gasteiger partial charge < -0.3 is 19.7 Å². The van der Waals surface area contributed by atoms with E-state index in [2.05, 4.69) is 29.3 Å². The molecule has 2 atom stereocenters. The summed E-state index contributed by atoms with van der Waals surface area (Å²) in [4.78, 5) is 2.08. The molecule has 4 nitrogen and oxygen atoms in total. The number of rotatable bonds is 6. The molecule has 112 valence electrons. The SMILES string of the molecule is CCCNC1CCOCC1Oc1cccc(N(C)C)c1. The van der Waals surface area contributed by atoms with Gasteiger partial charge in [-0.15, -0.1) is 0 Å². The maximum atomic E-state index is 6.14. The minimum atomic E-state index is 0.0905. The van der Waals surface area contributed by atoms with E-state index < -0.39 is 0 Å². The Morgan fingerprint density at radius 3 is 3.00 bits per heavy atom. The lowest BCUT2D eigenvalue weighted by atomic mass is 10.1. The number of hydrogen-bond donors (Lipinski definition) is 1. The molecule has 1 aromatic rings. The number of nitrogens with one attached hydrogen (secondary N) is 1. The van der Waals surface area contributed by atoms with Gasteiger partial charge in [-0.3, -0.25) is 0 Å². The molecule has 1 aliphatic heterocycles. The number of anilines is 1. The van der Waals surface area contributed by atoms with Crippen LogP contribution >= 0.6 is 0 Å². The molecule has 0 spiro atoms. The molecule has 0 amide bonds. The highest BCUT2D eigenvalue weighted by molar-refractivity contribution is 5.49. The monoisotopic (exact) mass is 278 g/mol. The van der Waals surface area contributed by atoms with Crippen molar-refractivity contribution in [3.8, 4) is 5.75 Å². The van der Waals surface area contributed by atoms with Crippen LogP contribution in [0.2, 0.25) is 0 Å². The van der Waals surface area contributed by atoms with Gasteiger partial charge in [0.2, 0.25) is 0 Å². The van der Waals surface area contributed by atoms with Crippen molar-refractivity contribution in [3.63, 3.8) is 0 Å². The van der Waals surface area contributed by atoms with E-state index in [0.29, 0.717) is 12.6 Å². The zero-order chi connectivity index (χ0) is 14.4. The minimum Gasteiger partial charge on any atom is -0.486 e. The van der Waals surface area contributed by atoms with E-state index in [4.69, 9.17) is 9.47 Å². The summed E-state index contributed by atoms with van der Waals surface area (Å²) in [6.07, 6.45) is 2.24. The van der Waals surface area contributed by atoms with Crippen LogP contribution < -0.4 is 15.0 Å². The van der Waals surface area contributed by atoms with E-state index in [0.717, 1.165) is 37.4 Å². The largest absolute Gasteiger partial charge is 0.486 e. The molecule has 2 rings (SSSR count). The Morgan fingerprint density at radius 1 is 1.40 bits per heavy atom. The van der Waals surface area contributed by atoms with Gasteiger partial charge in [0.05, 0.1) is 6.61 Å². The zero-order valence-electron chi connectivity index (χ0n) is 12.8. The van der Waals surface area contributed by atoms with Crippen molar-refractivity contribution in [2.75, 3.05) is 38.8 Å². The summed E-state index contributed by atoms with van der Waals surface area (Å²) in [5, 5.41) is 3.56. The van der Waals surface area contributed by atoms with Gasteiger partial charge in [-0.05, 0) is 31.5 Å². The number of hydrogen-bond acceptors (Lipinski definition) is 4. The lowest BCUT2D eigenvalue weighted by molar-refractivity contribution is -0.0146. The lowest BCUT2D eigenvalue weighted by Gasteiger charge is -2.32. The summed E-state index contributed by atoms with van der Waals surface area (Å²) in [5.41, 5.74) is 1.15. The summed E-state index contributed by atoms with van der Waals surface area (Å²) >= 11 is 0. The molecule has 1 heterocycles. The average molecular weight is 278 g/mol. The number of ether oxygens (including phenoxy) is 2. The highest BCUT2D eigenvalue weighted by atomic mass is 16.5. The second kappa shape index (κ2) is 7.50. The van der Waals surface area contributed by atoms with E-state index in [9.17, 15) is 0 Å². The third kappa shape index (κ3) is 4.12. The molecule has 0 bridgehead atoms. The Balaban J connectivity index is 2.00. The van der Waals surface area contributed by atoms with Crippen LogP contribution in [-0.2, 0) is 4.74 Å². The molecule has 0 radical (unpaired) electrons. The second-order valence-electron chi connectivity index (χ2n) is 5.47. The van der Waals surface area contributed by atoms with Crippen molar-refractivity contribution < 1.29 is 9.47 Å². The van der Waals surface area contributed by atoms with Crippen LogP contribution in [0.4, 0.5) is 5.69 Å². The molecule has 0 aromatic heterocycles. The van der Waals surface area contributed by atoms with Crippen molar-refractivity contribution in [1.29, 1.82) is 0 Å². The predicted octanol–water partition coefficient (Wildman–Crippen LogP) is 2.29. The first-order valence-corrected chi connectivity index (χ1v) is 7.46. The first-order valence-electron chi connectivity index (χ1n) is 7.46. The zero-order valence-corrected chi connectivity index (χ0v) is 12.8. The molecule has 4 heteroatoms. The van der Waals surface area contributed by atoms with Gasteiger partial charge in [0.1, 0.15) is 11.9 Å². The Kier molecular flexibility index (Phi) is 5.68. The first kappa shape index (κ1) is 15.1. The van der Waals surface area contributed by atoms with Gasteiger partial charge in [0, 0.05) is 38.5 Å². The summed E-state index contributed by atoms with van der Waals surface area (Å²) in [7, 11) is 4.07. The Morgan fingerprint density at radius 2 is 2.25 bits per heavy atom. The highest BCUT2D eigenvalue weighted by Gasteiger charge is 2.26. The van der Waals surface area contributed by atoms with E-state index >= 15 is 0 Å². The van der Waals surface area contributed by atoms with Crippen molar-refractivity contribution in [2.45, 2.75) is 31.9 Å². The molecular weight excluding hydrogens is 252 g/mol. The summed E-state index contributed by atoms with van der Waals surface area (Å²) in [5.74, 6) is 0.912. The Hall–Kier alpha value is -1.26. The predicted molar refractivity (Wildman–Crippen MR) is 82.7 cm³/mol. The lowest BCUT2D eigenvalue weighted by Crippen LogP contribution is -2.49. The smallest absolute Gasteiger partial charge is 0.137 e. The minimum absolute atomic E-state index is 0.0905. The van der Waals surface area contributed by atoms with Gasteiger partial charge >= 0.3 is 0 Å². The maximum Gasteiger partial charge on any atom is 0.137 e. The average Bonchev–Trinajstić information content (AvgIpc) is 2.46. The fourth-order valence-electron chi connectivity index (χ4n) is 2.40. The van der Waals surface area contributed by atoms with Crippen LogP contribution in [-0.4, -0.2) is 46.0 Å². The first-order chi connectivity index (χ1) is 9.70. The Bertz CT molecular complexity index is 409. The molecule has 1 saturated heterocycles. The van der Waals surface area contributed by atoms with Gasteiger partial charge in [-0.25, -0.2) is 0 Å². The molecule has 1 aromatic carbocycles. The fourth-order valence-corrected chi connectivity index (χ4v) is 2.40. The van der Waals surface area contributed by atoms with Crippen LogP contribution in [0.5, 0.6) is 5.75 Å². The van der Waals surface area contributed by atoms with Gasteiger partial charge in [0.15, 0.2) is 0 Å². The van der Waals surface area contributed by atoms with E-state index in [-0.39, 0.29) is 6.10 Å². The molecule has 0 aliphatic carbocycles. The maximum absolute atomic E-state index is 6.14. The second-order valence-corrected chi connectivity index (χ2v) is 5.47. The topological polar surface area (TPSA) is 33.7 Å². The van der Waals surface area contributed by atoms with E-state index in [1.807, 2.05) is 26.2 Å². The van der Waals surface area contributed by atoms with Gasteiger partial charge in [-0.1, -0.05) is 13.0 Å². The van der Waals surface area contributed by atoms with Crippen LogP contribution in [0.1, 0.15) is 19.8 Å². The highest BCUT2D eigenvalue weighted by Crippen LogP contribution is 2.22. The third-order valence-electron chi connectivity index (χ3n) is 3.58. The van der Waals surface area contributed by atoms with Crippen LogP contribution in [0, 0.1) is 0 Å². The van der Waals surface area contributed by atoms with Gasteiger partial charge in [-0.2, -0.15) is 0 Å². The molecular formula is C16H26N2O2. The van der Waals surface area contributed by atoms with Crippen molar-refractivity contribution in [3.05, 3.63) is 24.3 Å². The van der Waals surface area contributed by atoms with E-state index in [1.54, 1.807) is 0 Å². The molecule has 20 heavy (non-hydrogen) atoms. The molecule has 1 N–H and O–H groups in total.